The van der Waals surface area contributed by atoms with Gasteiger partial charge in [0.15, 0.2) is 0 Å². The number of piperidine rings is 2. The lowest BCUT2D eigenvalue weighted by Gasteiger charge is -2.34. The van der Waals surface area contributed by atoms with Gasteiger partial charge in [-0.1, -0.05) is 12.1 Å². The molecule has 2 unspecified atom stereocenters. The van der Waals surface area contributed by atoms with E-state index in [0.717, 1.165) is 5.56 Å². The standard InChI is InChI=1S/C20H25N3O6.C20H23N3O6/c2*1-20(2,3)29-19(28)23-16(25)9-8-15(17(23)26)22-11-10-21(18(22)27)14-6-4-13(12-24)5-7-14/h4-7,15,24H,8-12H2,1-3H3;4-7,12,15H,8-11H2,1-3H3. The summed E-state index contributed by atoms with van der Waals surface area (Å²) in [5.41, 5.74) is 0.756. The van der Waals surface area contributed by atoms with Crippen molar-refractivity contribution < 1.29 is 57.7 Å². The SMILES string of the molecule is CC(C)(C)OC(=O)N1C(=O)CCC(N2CCN(c3ccc(C=O)cc3)C2=O)C1=O.CC(C)(C)OC(=O)N1C(=O)CCC(N2CCN(c3ccc(CO)cc3)C2=O)C1=O. The van der Waals surface area contributed by atoms with Gasteiger partial charge in [-0.25, -0.2) is 19.2 Å². The molecule has 18 heteroatoms. The molecule has 0 aromatic heterocycles. The molecule has 4 aliphatic rings. The van der Waals surface area contributed by atoms with Crippen molar-refractivity contribution in [3.63, 3.8) is 0 Å². The quantitative estimate of drug-likeness (QED) is 0.324. The number of aldehydes is 1. The summed E-state index contributed by atoms with van der Waals surface area (Å²) in [7, 11) is 0. The molecule has 0 radical (unpaired) electrons. The van der Waals surface area contributed by atoms with E-state index in [2.05, 4.69) is 0 Å². The number of carbonyl (C=O) groups is 9. The Hall–Kier alpha value is -6.17. The summed E-state index contributed by atoms with van der Waals surface area (Å²) < 4.78 is 10.4. The highest BCUT2D eigenvalue weighted by Crippen LogP contribution is 2.29. The minimum absolute atomic E-state index is 0.0232. The Kier molecular flexibility index (Phi) is 12.7. The number of imide groups is 6. The van der Waals surface area contributed by atoms with E-state index in [4.69, 9.17) is 14.6 Å². The minimum Gasteiger partial charge on any atom is -0.443 e. The van der Waals surface area contributed by atoms with Crippen molar-refractivity contribution in [2.45, 2.75) is 97.1 Å². The minimum atomic E-state index is -1.02. The second kappa shape index (κ2) is 17.1. The summed E-state index contributed by atoms with van der Waals surface area (Å²) in [6.07, 6.45) is -1.06. The lowest BCUT2D eigenvalue weighted by Crippen LogP contribution is -2.57. The third kappa shape index (κ3) is 9.50. The van der Waals surface area contributed by atoms with Crippen LogP contribution in [0, 0.1) is 0 Å². The summed E-state index contributed by atoms with van der Waals surface area (Å²) in [6.45, 7) is 11.1. The summed E-state index contributed by atoms with van der Waals surface area (Å²) in [4.78, 5) is 118. The van der Waals surface area contributed by atoms with Crippen LogP contribution in [0.5, 0.6) is 0 Å². The fourth-order valence-electron chi connectivity index (χ4n) is 6.79. The molecule has 0 aliphatic carbocycles. The average molecular weight is 805 g/mol. The first-order valence-electron chi connectivity index (χ1n) is 18.9. The lowest BCUT2D eigenvalue weighted by atomic mass is 10.0. The number of anilines is 2. The van der Waals surface area contributed by atoms with Crippen LogP contribution < -0.4 is 9.80 Å². The monoisotopic (exact) mass is 804 g/mol. The maximum absolute atomic E-state index is 12.9. The zero-order chi connectivity index (χ0) is 42.7. The molecule has 0 spiro atoms. The number of likely N-dealkylation sites (tertiary alicyclic amines) is 2. The Bertz CT molecular complexity index is 1970. The number of benzene rings is 2. The Morgan fingerprint density at radius 1 is 0.638 bits per heavy atom. The van der Waals surface area contributed by atoms with Gasteiger partial charge in [-0.2, -0.15) is 9.80 Å². The predicted molar refractivity (Wildman–Crippen MR) is 205 cm³/mol. The number of ether oxygens (including phenoxy) is 2. The fraction of sp³-hybridized carbons (Fsp3) is 0.475. The molecule has 2 atom stereocenters. The summed E-state index contributed by atoms with van der Waals surface area (Å²) >= 11 is 0. The third-order valence-electron chi connectivity index (χ3n) is 9.53. The zero-order valence-corrected chi connectivity index (χ0v) is 33.3. The van der Waals surface area contributed by atoms with E-state index in [0.29, 0.717) is 52.7 Å². The number of hydrogen-bond acceptors (Lipinski definition) is 12. The van der Waals surface area contributed by atoms with E-state index in [-0.39, 0.29) is 50.9 Å². The highest BCUT2D eigenvalue weighted by Gasteiger charge is 2.48. The van der Waals surface area contributed by atoms with E-state index < -0.39 is 59.1 Å². The number of amides is 10. The molecule has 4 heterocycles. The summed E-state index contributed by atoms with van der Waals surface area (Å²) in [5, 5.41) is 9.15. The second-order valence-corrected chi connectivity index (χ2v) is 16.0. The average Bonchev–Trinajstić information content (AvgIpc) is 3.72. The third-order valence-corrected chi connectivity index (χ3v) is 9.53. The van der Waals surface area contributed by atoms with Gasteiger partial charge < -0.3 is 24.4 Å². The van der Waals surface area contributed by atoms with Crippen LogP contribution in [-0.2, 0) is 35.3 Å². The number of aliphatic hydroxyl groups is 1. The molecule has 0 saturated carbocycles. The van der Waals surface area contributed by atoms with Crippen molar-refractivity contribution in [3.8, 4) is 0 Å². The molecule has 4 aliphatic heterocycles. The first-order valence-corrected chi connectivity index (χ1v) is 18.9. The molecule has 2 aromatic carbocycles. The molecule has 10 amide bonds. The van der Waals surface area contributed by atoms with E-state index in [9.17, 15) is 43.2 Å². The van der Waals surface area contributed by atoms with Crippen molar-refractivity contribution >= 4 is 65.5 Å². The summed E-state index contributed by atoms with van der Waals surface area (Å²) in [6, 6.07) is 10.9. The number of urea groups is 2. The summed E-state index contributed by atoms with van der Waals surface area (Å²) in [5.74, 6) is -2.74. The molecule has 4 fully saturated rings. The van der Waals surface area contributed by atoms with Crippen LogP contribution in [0.4, 0.5) is 30.6 Å². The zero-order valence-electron chi connectivity index (χ0n) is 33.3. The van der Waals surface area contributed by atoms with Crippen molar-refractivity contribution in [2.24, 2.45) is 0 Å². The normalized spacial score (nSPS) is 20.4. The molecule has 6 rings (SSSR count). The van der Waals surface area contributed by atoms with E-state index in [1.54, 1.807) is 90.1 Å². The second-order valence-electron chi connectivity index (χ2n) is 16.0. The van der Waals surface area contributed by atoms with E-state index in [1.807, 2.05) is 0 Å². The fourth-order valence-corrected chi connectivity index (χ4v) is 6.79. The van der Waals surface area contributed by atoms with Crippen molar-refractivity contribution in [1.29, 1.82) is 0 Å². The molecule has 1 N–H and O–H groups in total. The largest absolute Gasteiger partial charge is 0.443 e. The Balaban J connectivity index is 0.000000221. The molecule has 18 nitrogen and oxygen atoms in total. The molecule has 310 valence electrons. The van der Waals surface area contributed by atoms with Crippen LogP contribution in [0.1, 0.15) is 83.1 Å². The molecule has 4 saturated heterocycles. The van der Waals surface area contributed by atoms with Crippen LogP contribution in [0.3, 0.4) is 0 Å². The van der Waals surface area contributed by atoms with Gasteiger partial charge in [0.25, 0.3) is 11.8 Å². The van der Waals surface area contributed by atoms with Crippen molar-refractivity contribution in [1.82, 2.24) is 19.6 Å². The molecule has 58 heavy (non-hydrogen) atoms. The molecule has 2 aromatic rings. The maximum atomic E-state index is 12.9. The molecular weight excluding hydrogens is 756 g/mol. The predicted octanol–water partition coefficient (Wildman–Crippen LogP) is 4.07. The molecule has 0 bridgehead atoms. The van der Waals surface area contributed by atoms with Crippen molar-refractivity contribution in [3.05, 3.63) is 59.7 Å². The number of carbonyl (C=O) groups excluding carboxylic acids is 9. The number of rotatable bonds is 6. The van der Waals surface area contributed by atoms with E-state index >= 15 is 0 Å². The van der Waals surface area contributed by atoms with E-state index in [1.165, 1.54) is 19.6 Å². The lowest BCUT2D eigenvalue weighted by molar-refractivity contribution is -0.152. The first kappa shape index (κ1) is 43.0. The first-order chi connectivity index (χ1) is 27.2. The van der Waals surface area contributed by atoms with Crippen LogP contribution >= 0.6 is 0 Å². The Morgan fingerprint density at radius 3 is 1.36 bits per heavy atom. The maximum Gasteiger partial charge on any atom is 0.424 e. The van der Waals surface area contributed by atoms with Gasteiger partial charge in [0, 0.05) is 56.0 Å². The van der Waals surface area contributed by atoms with Gasteiger partial charge in [-0.05, 0) is 96.3 Å². The van der Waals surface area contributed by atoms with Crippen molar-refractivity contribution in [2.75, 3.05) is 36.0 Å². The topological polar surface area (TPSA) is 212 Å². The molecular formula is C40H48N6O12. The van der Waals surface area contributed by atoms with Crippen LogP contribution in [-0.4, -0.2) is 128 Å². The Morgan fingerprint density at radius 2 is 1.02 bits per heavy atom. The smallest absolute Gasteiger partial charge is 0.424 e. The number of nitrogens with zero attached hydrogens (tertiary/aromatic N) is 6. The van der Waals surface area contributed by atoms with Gasteiger partial charge in [0.05, 0.1) is 6.61 Å². The van der Waals surface area contributed by atoms with Crippen LogP contribution in [0.25, 0.3) is 0 Å². The van der Waals surface area contributed by atoms with Gasteiger partial charge in [-0.3, -0.25) is 33.8 Å². The van der Waals surface area contributed by atoms with Gasteiger partial charge in [0.2, 0.25) is 11.8 Å². The van der Waals surface area contributed by atoms with Gasteiger partial charge in [-0.15, -0.1) is 0 Å². The van der Waals surface area contributed by atoms with Gasteiger partial charge >= 0.3 is 24.2 Å². The highest BCUT2D eigenvalue weighted by atomic mass is 16.6. The number of hydrogen-bond donors (Lipinski definition) is 1. The van der Waals surface area contributed by atoms with Crippen LogP contribution in [0.2, 0.25) is 0 Å². The Labute approximate surface area is 335 Å². The number of aliphatic hydroxyl groups excluding tert-OH is 1. The highest BCUT2D eigenvalue weighted by molar-refractivity contribution is 6.14. The van der Waals surface area contributed by atoms with Gasteiger partial charge in [0.1, 0.15) is 29.6 Å². The van der Waals surface area contributed by atoms with Crippen LogP contribution in [0.15, 0.2) is 48.5 Å².